The number of carbonyl (C=O) groups is 1. The van der Waals surface area contributed by atoms with Crippen LogP contribution in [0.5, 0.6) is 11.5 Å². The number of H-pyrrole nitrogens is 1. The van der Waals surface area contributed by atoms with Crippen LogP contribution in [0.3, 0.4) is 0 Å². The van der Waals surface area contributed by atoms with Crippen LogP contribution in [-0.2, 0) is 9.53 Å². The molecule has 0 saturated heterocycles. The number of aromatic amines is 1. The van der Waals surface area contributed by atoms with Crippen molar-refractivity contribution < 1.29 is 19.0 Å². The quantitative estimate of drug-likeness (QED) is 0.416. The van der Waals surface area contributed by atoms with Crippen LogP contribution in [0.4, 0.5) is 0 Å². The summed E-state index contributed by atoms with van der Waals surface area (Å²) in [6.07, 6.45) is 1.81. The molecule has 0 amide bonds. The Hall–Kier alpha value is -2.99. The summed E-state index contributed by atoms with van der Waals surface area (Å²) in [5.41, 5.74) is -0.0461. The minimum atomic E-state index is -0.535. The Morgan fingerprint density at radius 2 is 2.19 bits per heavy atom. The van der Waals surface area contributed by atoms with Crippen LogP contribution in [0.15, 0.2) is 28.2 Å². The van der Waals surface area contributed by atoms with E-state index in [1.54, 1.807) is 31.4 Å². The Balaban J connectivity index is 2.49. The van der Waals surface area contributed by atoms with Crippen molar-refractivity contribution in [2.24, 2.45) is 0 Å². The molecule has 1 N–H and O–H groups in total. The van der Waals surface area contributed by atoms with E-state index in [0.29, 0.717) is 28.8 Å². The molecule has 9 heteroatoms. The van der Waals surface area contributed by atoms with Crippen molar-refractivity contribution in [2.45, 2.75) is 18.5 Å². The number of nitriles is 1. The minimum Gasteiger partial charge on any atom is -0.493 e. The summed E-state index contributed by atoms with van der Waals surface area (Å²) in [4.78, 5) is 30.6. The number of nitrogens with one attached hydrogen (secondary N) is 1. The first-order valence-electron chi connectivity index (χ1n) is 8.09. The number of methoxy groups -OCH3 is 1. The van der Waals surface area contributed by atoms with Crippen LogP contribution in [0.2, 0.25) is 0 Å². The smallest absolute Gasteiger partial charge is 0.309 e. The van der Waals surface area contributed by atoms with Crippen molar-refractivity contribution in [3.05, 3.63) is 34.1 Å². The molecule has 2 rings (SSSR count). The molecule has 1 heterocycles. The SMILES string of the molecule is CCOC(=O)CCOc1c(OC)cccc1-c1nc(SC)[nH]c(=O)c1C#N. The summed E-state index contributed by atoms with van der Waals surface area (Å²) in [6.45, 7) is 2.06. The molecule has 0 bridgehead atoms. The van der Waals surface area contributed by atoms with E-state index >= 15 is 0 Å². The number of benzene rings is 1. The zero-order valence-electron chi connectivity index (χ0n) is 15.2. The van der Waals surface area contributed by atoms with Gasteiger partial charge >= 0.3 is 5.97 Å². The van der Waals surface area contributed by atoms with Crippen LogP contribution in [-0.4, -0.2) is 42.5 Å². The third-order valence-electron chi connectivity index (χ3n) is 3.51. The Bertz CT molecular complexity index is 920. The first-order chi connectivity index (χ1) is 13.0. The minimum absolute atomic E-state index is 0.0483. The lowest BCUT2D eigenvalue weighted by molar-refractivity contribution is -0.143. The molecular weight excluding hydrogens is 370 g/mol. The highest BCUT2D eigenvalue weighted by atomic mass is 32.2. The van der Waals surface area contributed by atoms with E-state index in [4.69, 9.17) is 14.2 Å². The van der Waals surface area contributed by atoms with Gasteiger partial charge in [0, 0.05) is 5.56 Å². The fourth-order valence-electron chi connectivity index (χ4n) is 2.33. The summed E-state index contributed by atoms with van der Waals surface area (Å²) >= 11 is 1.24. The third kappa shape index (κ3) is 4.80. The summed E-state index contributed by atoms with van der Waals surface area (Å²) in [7, 11) is 1.47. The second-order valence-electron chi connectivity index (χ2n) is 5.15. The molecule has 2 aromatic rings. The van der Waals surface area contributed by atoms with Crippen LogP contribution >= 0.6 is 11.8 Å². The average Bonchev–Trinajstić information content (AvgIpc) is 2.67. The molecule has 27 heavy (non-hydrogen) atoms. The first-order valence-corrected chi connectivity index (χ1v) is 9.32. The van der Waals surface area contributed by atoms with Gasteiger partial charge < -0.3 is 19.2 Å². The van der Waals surface area contributed by atoms with Gasteiger partial charge in [0.2, 0.25) is 0 Å². The monoisotopic (exact) mass is 389 g/mol. The van der Waals surface area contributed by atoms with Crippen molar-refractivity contribution in [3.8, 4) is 28.8 Å². The number of aromatic nitrogens is 2. The van der Waals surface area contributed by atoms with Gasteiger partial charge in [0.05, 0.1) is 26.7 Å². The highest BCUT2D eigenvalue weighted by molar-refractivity contribution is 7.98. The average molecular weight is 389 g/mol. The lowest BCUT2D eigenvalue weighted by Crippen LogP contribution is -2.15. The van der Waals surface area contributed by atoms with Gasteiger partial charge in [-0.05, 0) is 25.3 Å². The number of rotatable bonds is 8. The zero-order chi connectivity index (χ0) is 19.8. The van der Waals surface area contributed by atoms with E-state index in [1.165, 1.54) is 18.9 Å². The van der Waals surface area contributed by atoms with Crippen molar-refractivity contribution in [1.82, 2.24) is 9.97 Å². The summed E-state index contributed by atoms with van der Waals surface area (Å²) in [5, 5.41) is 9.77. The number of carbonyl (C=O) groups excluding carboxylic acids is 1. The van der Waals surface area contributed by atoms with E-state index in [2.05, 4.69) is 9.97 Å². The second kappa shape index (κ2) is 9.64. The molecule has 1 aromatic carbocycles. The van der Waals surface area contributed by atoms with Crippen LogP contribution in [0.1, 0.15) is 18.9 Å². The molecule has 0 spiro atoms. The lowest BCUT2D eigenvalue weighted by Gasteiger charge is -2.15. The number of hydrogen-bond acceptors (Lipinski definition) is 8. The van der Waals surface area contributed by atoms with E-state index < -0.39 is 5.56 Å². The normalized spacial score (nSPS) is 10.1. The first kappa shape index (κ1) is 20.3. The molecule has 0 saturated carbocycles. The van der Waals surface area contributed by atoms with Crippen molar-refractivity contribution >= 4 is 17.7 Å². The maximum Gasteiger partial charge on any atom is 0.309 e. The molecule has 1 aromatic heterocycles. The summed E-state index contributed by atoms with van der Waals surface area (Å²) in [5.74, 6) is 0.310. The van der Waals surface area contributed by atoms with Crippen LogP contribution in [0, 0.1) is 11.3 Å². The number of ether oxygens (including phenoxy) is 3. The summed E-state index contributed by atoms with van der Waals surface area (Å²) in [6, 6.07) is 6.94. The van der Waals surface area contributed by atoms with Gasteiger partial charge in [0.1, 0.15) is 17.3 Å². The fourth-order valence-corrected chi connectivity index (χ4v) is 2.71. The summed E-state index contributed by atoms with van der Waals surface area (Å²) < 4.78 is 16.0. The largest absolute Gasteiger partial charge is 0.493 e. The van der Waals surface area contributed by atoms with Gasteiger partial charge in [0.25, 0.3) is 5.56 Å². The number of nitrogens with zero attached hydrogens (tertiary/aromatic N) is 2. The Morgan fingerprint density at radius 1 is 1.41 bits per heavy atom. The Morgan fingerprint density at radius 3 is 2.81 bits per heavy atom. The van der Waals surface area contributed by atoms with Crippen molar-refractivity contribution in [1.29, 1.82) is 5.26 Å². The molecule has 8 nitrogen and oxygen atoms in total. The zero-order valence-corrected chi connectivity index (χ0v) is 16.0. The van der Waals surface area contributed by atoms with Crippen molar-refractivity contribution in [3.63, 3.8) is 0 Å². The van der Waals surface area contributed by atoms with E-state index in [0.717, 1.165) is 0 Å². The predicted molar refractivity (Wildman–Crippen MR) is 100 cm³/mol. The maximum atomic E-state index is 12.2. The highest BCUT2D eigenvalue weighted by Gasteiger charge is 2.20. The number of thioether (sulfide) groups is 1. The van der Waals surface area contributed by atoms with Gasteiger partial charge in [0.15, 0.2) is 16.7 Å². The molecule has 0 radical (unpaired) electrons. The predicted octanol–water partition coefficient (Wildman–Crippen LogP) is 2.37. The molecular formula is C18H19N3O5S. The number of esters is 1. The van der Waals surface area contributed by atoms with Gasteiger partial charge in [-0.2, -0.15) is 5.26 Å². The fraction of sp³-hybridized carbons (Fsp3) is 0.333. The third-order valence-corrected chi connectivity index (χ3v) is 4.09. The van der Waals surface area contributed by atoms with Crippen LogP contribution < -0.4 is 15.0 Å². The standard InChI is InChI=1S/C18H19N3O5S/c1-4-25-14(22)8-9-26-16-11(6-5-7-13(16)24-2)15-12(10-19)17(23)21-18(20-15)27-3/h5-7H,4,8-9H2,1-3H3,(H,20,21,23). The van der Waals surface area contributed by atoms with Gasteiger partial charge in [-0.3, -0.25) is 9.59 Å². The Kier molecular flexibility index (Phi) is 7.25. The molecule has 142 valence electrons. The van der Waals surface area contributed by atoms with Gasteiger partial charge in [-0.1, -0.05) is 17.8 Å². The van der Waals surface area contributed by atoms with Crippen LogP contribution in [0.25, 0.3) is 11.3 Å². The van der Waals surface area contributed by atoms with E-state index in [1.807, 2.05) is 6.07 Å². The number of hydrogen-bond donors (Lipinski definition) is 1. The van der Waals surface area contributed by atoms with Gasteiger partial charge in [-0.25, -0.2) is 4.98 Å². The van der Waals surface area contributed by atoms with E-state index in [9.17, 15) is 14.9 Å². The molecule has 0 fully saturated rings. The molecule has 0 aliphatic carbocycles. The van der Waals surface area contributed by atoms with Crippen molar-refractivity contribution in [2.75, 3.05) is 26.6 Å². The molecule has 0 atom stereocenters. The highest BCUT2D eigenvalue weighted by Crippen LogP contribution is 2.38. The molecule has 0 unspecified atom stereocenters. The molecule has 0 aliphatic heterocycles. The lowest BCUT2D eigenvalue weighted by atomic mass is 10.1. The Labute approximate surface area is 160 Å². The number of para-hydroxylation sites is 1. The topological polar surface area (TPSA) is 114 Å². The maximum absolute atomic E-state index is 12.2. The van der Waals surface area contributed by atoms with Gasteiger partial charge in [-0.15, -0.1) is 0 Å². The molecule has 0 aliphatic rings. The van der Waals surface area contributed by atoms with E-state index in [-0.39, 0.29) is 30.3 Å². The second-order valence-corrected chi connectivity index (χ2v) is 5.95.